The summed E-state index contributed by atoms with van der Waals surface area (Å²) in [5.74, 6) is 6.33. The molecule has 0 aromatic carbocycles. The number of nitrogens with one attached hydrogen (secondary N) is 2. The quantitative estimate of drug-likeness (QED) is 0.454. The maximum atomic E-state index is 5.37. The van der Waals surface area contributed by atoms with Crippen LogP contribution in [0.5, 0.6) is 0 Å². The summed E-state index contributed by atoms with van der Waals surface area (Å²) in [6.45, 7) is 0.586. The number of halogens is 1. The van der Waals surface area contributed by atoms with Crippen LogP contribution in [-0.2, 0) is 6.54 Å². The molecule has 108 valence electrons. The van der Waals surface area contributed by atoms with Crippen LogP contribution in [0, 0.1) is 0 Å². The molecule has 0 bridgehead atoms. The summed E-state index contributed by atoms with van der Waals surface area (Å²) in [6.07, 6.45) is 2.89. The average Bonchev–Trinajstić information content (AvgIpc) is 3.16. The molecular formula is C10H10BrN9S. The maximum Gasteiger partial charge on any atom is 0.258 e. The lowest BCUT2D eigenvalue weighted by atomic mass is 10.5. The van der Waals surface area contributed by atoms with Gasteiger partial charge in [-0.1, -0.05) is 0 Å². The van der Waals surface area contributed by atoms with Crippen LogP contribution in [0.2, 0.25) is 0 Å². The summed E-state index contributed by atoms with van der Waals surface area (Å²) >= 11 is 5.11. The maximum absolute atomic E-state index is 5.37. The van der Waals surface area contributed by atoms with Gasteiger partial charge < -0.3 is 5.32 Å². The van der Waals surface area contributed by atoms with E-state index in [1.807, 2.05) is 11.4 Å². The van der Waals surface area contributed by atoms with Crippen molar-refractivity contribution in [3.8, 4) is 5.95 Å². The smallest absolute Gasteiger partial charge is 0.258 e. The van der Waals surface area contributed by atoms with Crippen LogP contribution in [0.25, 0.3) is 5.95 Å². The molecule has 0 atom stereocenters. The molecule has 0 fully saturated rings. The lowest BCUT2D eigenvalue weighted by molar-refractivity contribution is 0.794. The highest BCUT2D eigenvalue weighted by atomic mass is 79.9. The van der Waals surface area contributed by atoms with Crippen molar-refractivity contribution in [3.05, 3.63) is 33.5 Å². The van der Waals surface area contributed by atoms with Gasteiger partial charge in [0.2, 0.25) is 11.9 Å². The summed E-state index contributed by atoms with van der Waals surface area (Å²) in [4.78, 5) is 17.5. The summed E-state index contributed by atoms with van der Waals surface area (Å²) in [7, 11) is 0. The number of anilines is 2. The highest BCUT2D eigenvalue weighted by Crippen LogP contribution is 2.23. The third-order valence-electron chi connectivity index (χ3n) is 2.47. The summed E-state index contributed by atoms with van der Waals surface area (Å²) in [5.41, 5.74) is 2.40. The second-order valence-electron chi connectivity index (χ2n) is 3.81. The highest BCUT2D eigenvalue weighted by molar-refractivity contribution is 9.10. The lowest BCUT2D eigenvalue weighted by Crippen LogP contribution is -2.16. The second-order valence-corrected chi connectivity index (χ2v) is 5.67. The monoisotopic (exact) mass is 367 g/mol. The lowest BCUT2D eigenvalue weighted by Gasteiger charge is -2.07. The molecule has 3 rings (SSSR count). The van der Waals surface area contributed by atoms with Gasteiger partial charge in [0.25, 0.3) is 5.95 Å². The SMILES string of the molecule is NNc1nc(NCc2sccc2Br)nc(-n2cncn2)n1. The van der Waals surface area contributed by atoms with Crippen LogP contribution in [0.3, 0.4) is 0 Å². The number of nitrogen functional groups attached to an aromatic ring is 1. The van der Waals surface area contributed by atoms with Gasteiger partial charge in [0, 0.05) is 9.35 Å². The van der Waals surface area contributed by atoms with Gasteiger partial charge in [0.05, 0.1) is 6.54 Å². The Balaban J connectivity index is 1.84. The van der Waals surface area contributed by atoms with Crippen molar-refractivity contribution in [2.75, 3.05) is 10.7 Å². The van der Waals surface area contributed by atoms with Gasteiger partial charge in [-0.2, -0.15) is 24.7 Å². The van der Waals surface area contributed by atoms with Crippen LogP contribution in [0.4, 0.5) is 11.9 Å². The minimum atomic E-state index is 0.239. The first-order valence-electron chi connectivity index (χ1n) is 5.79. The molecule has 0 unspecified atom stereocenters. The zero-order chi connectivity index (χ0) is 14.7. The van der Waals surface area contributed by atoms with E-state index < -0.39 is 0 Å². The number of nitrogens with zero attached hydrogens (tertiary/aromatic N) is 6. The first kappa shape index (κ1) is 13.9. The van der Waals surface area contributed by atoms with Crippen molar-refractivity contribution >= 4 is 39.2 Å². The van der Waals surface area contributed by atoms with E-state index in [0.717, 1.165) is 9.35 Å². The number of hydrogen-bond acceptors (Lipinski definition) is 9. The first-order valence-corrected chi connectivity index (χ1v) is 7.47. The Hall–Kier alpha value is -2.11. The molecule has 0 amide bonds. The average molecular weight is 368 g/mol. The fraction of sp³-hybridized carbons (Fsp3) is 0.100. The van der Waals surface area contributed by atoms with E-state index in [-0.39, 0.29) is 5.95 Å². The third kappa shape index (κ3) is 3.15. The predicted octanol–water partition coefficient (Wildman–Crippen LogP) is 1.17. The van der Waals surface area contributed by atoms with Crippen molar-refractivity contribution in [2.24, 2.45) is 5.84 Å². The van der Waals surface area contributed by atoms with Crippen molar-refractivity contribution < 1.29 is 0 Å². The standard InChI is InChI=1S/C10H10BrN9S/c11-6-1-2-21-7(6)3-14-8-16-9(19-12)18-10(17-8)20-5-13-4-15-20/h1-2,4-5H,3,12H2,(H2,14,16,17,18,19). The van der Waals surface area contributed by atoms with E-state index in [1.165, 1.54) is 17.3 Å². The molecule has 0 aliphatic rings. The highest BCUT2D eigenvalue weighted by Gasteiger charge is 2.09. The van der Waals surface area contributed by atoms with Gasteiger partial charge in [-0.05, 0) is 27.4 Å². The molecular weight excluding hydrogens is 358 g/mol. The van der Waals surface area contributed by atoms with Crippen LogP contribution in [-0.4, -0.2) is 29.7 Å². The Morgan fingerprint density at radius 1 is 1.29 bits per heavy atom. The summed E-state index contributed by atoms with van der Waals surface area (Å²) in [6, 6.07) is 1.99. The Morgan fingerprint density at radius 2 is 2.14 bits per heavy atom. The van der Waals surface area contributed by atoms with E-state index in [4.69, 9.17) is 5.84 Å². The van der Waals surface area contributed by atoms with Gasteiger partial charge in [0.1, 0.15) is 12.7 Å². The fourth-order valence-corrected chi connectivity index (χ4v) is 2.97. The van der Waals surface area contributed by atoms with E-state index >= 15 is 0 Å². The predicted molar refractivity (Wildman–Crippen MR) is 81.9 cm³/mol. The Kier molecular flexibility index (Phi) is 4.03. The summed E-state index contributed by atoms with van der Waals surface area (Å²) in [5, 5.41) is 9.11. The number of rotatable bonds is 5. The molecule has 3 aromatic heterocycles. The molecule has 0 aliphatic carbocycles. The zero-order valence-corrected chi connectivity index (χ0v) is 13.0. The van der Waals surface area contributed by atoms with Crippen LogP contribution < -0.4 is 16.6 Å². The number of thiophene rings is 1. The molecule has 21 heavy (non-hydrogen) atoms. The third-order valence-corrected chi connectivity index (χ3v) is 4.40. The zero-order valence-electron chi connectivity index (χ0n) is 10.6. The Labute approximate surface area is 131 Å². The molecule has 3 heterocycles. The van der Waals surface area contributed by atoms with Crippen molar-refractivity contribution in [1.29, 1.82) is 0 Å². The Morgan fingerprint density at radius 3 is 2.81 bits per heavy atom. The van der Waals surface area contributed by atoms with E-state index in [1.54, 1.807) is 11.3 Å². The molecule has 0 saturated carbocycles. The van der Waals surface area contributed by atoms with Gasteiger partial charge in [-0.3, -0.25) is 5.43 Å². The normalized spacial score (nSPS) is 10.6. The molecule has 9 nitrogen and oxygen atoms in total. The minimum absolute atomic E-state index is 0.239. The van der Waals surface area contributed by atoms with Crippen molar-refractivity contribution in [3.63, 3.8) is 0 Å². The van der Waals surface area contributed by atoms with Gasteiger partial charge in [-0.25, -0.2) is 10.8 Å². The number of nitrogens with two attached hydrogens (primary N) is 1. The molecule has 0 spiro atoms. The second kappa shape index (κ2) is 6.11. The van der Waals surface area contributed by atoms with E-state index in [0.29, 0.717) is 18.4 Å². The number of aromatic nitrogens is 6. The van der Waals surface area contributed by atoms with Crippen LogP contribution in [0.1, 0.15) is 4.88 Å². The number of hydrogen-bond donors (Lipinski definition) is 3. The molecule has 3 aromatic rings. The molecule has 0 saturated heterocycles. The molecule has 11 heteroatoms. The number of hydrazine groups is 1. The molecule has 4 N–H and O–H groups in total. The molecule has 0 radical (unpaired) electrons. The topological polar surface area (TPSA) is 119 Å². The largest absolute Gasteiger partial charge is 0.349 e. The van der Waals surface area contributed by atoms with Gasteiger partial charge in [-0.15, -0.1) is 11.3 Å². The van der Waals surface area contributed by atoms with Crippen LogP contribution in [0.15, 0.2) is 28.6 Å². The van der Waals surface area contributed by atoms with Gasteiger partial charge >= 0.3 is 0 Å². The van der Waals surface area contributed by atoms with Crippen molar-refractivity contribution in [1.82, 2.24) is 29.7 Å². The van der Waals surface area contributed by atoms with E-state index in [2.05, 4.69) is 51.7 Å². The minimum Gasteiger partial charge on any atom is -0.349 e. The van der Waals surface area contributed by atoms with Crippen molar-refractivity contribution in [2.45, 2.75) is 6.54 Å². The van der Waals surface area contributed by atoms with E-state index in [9.17, 15) is 0 Å². The first-order chi connectivity index (χ1) is 10.3. The summed E-state index contributed by atoms with van der Waals surface area (Å²) < 4.78 is 2.47. The fourth-order valence-electron chi connectivity index (χ4n) is 1.53. The Bertz CT molecular complexity index is 726. The molecule has 0 aliphatic heterocycles. The van der Waals surface area contributed by atoms with Crippen LogP contribution >= 0.6 is 27.3 Å². The van der Waals surface area contributed by atoms with Gasteiger partial charge in [0.15, 0.2) is 0 Å².